The van der Waals surface area contributed by atoms with Crippen LogP contribution in [0, 0.1) is 5.92 Å². The summed E-state index contributed by atoms with van der Waals surface area (Å²) in [6.45, 7) is 3.59. The molecule has 0 spiro atoms. The second kappa shape index (κ2) is 9.70. The fourth-order valence-electron chi connectivity index (χ4n) is 4.07. The van der Waals surface area contributed by atoms with Crippen LogP contribution in [0.1, 0.15) is 31.4 Å². The molecule has 2 N–H and O–H groups in total. The van der Waals surface area contributed by atoms with Crippen molar-refractivity contribution in [2.45, 2.75) is 38.1 Å². The molecular formula is C23H28ClN3O2. The zero-order valence-corrected chi connectivity index (χ0v) is 17.4. The number of nitrogens with one attached hydrogen (secondary N) is 2. The Morgan fingerprint density at radius 2 is 2.10 bits per heavy atom. The normalized spacial score (nSPS) is 20.0. The van der Waals surface area contributed by atoms with E-state index in [1.165, 1.54) is 0 Å². The second-order valence-corrected chi connectivity index (χ2v) is 8.37. The lowest BCUT2D eigenvalue weighted by atomic mass is 10.00. The van der Waals surface area contributed by atoms with Gasteiger partial charge in [-0.1, -0.05) is 23.7 Å². The van der Waals surface area contributed by atoms with Crippen molar-refractivity contribution < 1.29 is 9.53 Å². The largest absolute Gasteiger partial charge is 0.385 e. The topological polar surface area (TPSA) is 63.2 Å². The van der Waals surface area contributed by atoms with Crippen LogP contribution in [-0.4, -0.2) is 43.1 Å². The van der Waals surface area contributed by atoms with Gasteiger partial charge in [-0.05, 0) is 61.9 Å². The van der Waals surface area contributed by atoms with E-state index in [2.05, 4.69) is 27.8 Å². The Morgan fingerprint density at radius 1 is 1.24 bits per heavy atom. The van der Waals surface area contributed by atoms with Crippen LogP contribution in [0.3, 0.4) is 0 Å². The third kappa shape index (κ3) is 5.35. The first-order valence-electron chi connectivity index (χ1n) is 10.5. The lowest BCUT2D eigenvalue weighted by Gasteiger charge is -2.22. The molecule has 0 aliphatic carbocycles. The molecule has 154 valence electrons. The van der Waals surface area contributed by atoms with E-state index in [9.17, 15) is 4.79 Å². The van der Waals surface area contributed by atoms with E-state index in [4.69, 9.17) is 16.3 Å². The van der Waals surface area contributed by atoms with Crippen molar-refractivity contribution in [3.05, 3.63) is 47.2 Å². The van der Waals surface area contributed by atoms with Crippen LogP contribution >= 0.6 is 11.6 Å². The maximum absolute atomic E-state index is 12.5. The number of benzene rings is 1. The van der Waals surface area contributed by atoms with Gasteiger partial charge in [0.15, 0.2) is 5.78 Å². The number of hydrogen-bond acceptors (Lipinski definition) is 5. The Balaban J connectivity index is 1.46. The smallest absolute Gasteiger partial charge is 0.155 e. The number of hydrogen-bond donors (Lipinski definition) is 2. The number of pyridine rings is 1. The third-order valence-electron chi connectivity index (χ3n) is 5.83. The van der Waals surface area contributed by atoms with Gasteiger partial charge in [0.05, 0.1) is 17.5 Å². The number of ketones is 1. The lowest BCUT2D eigenvalue weighted by Crippen LogP contribution is -2.32. The molecule has 2 fully saturated rings. The molecule has 2 aliphatic heterocycles. The summed E-state index contributed by atoms with van der Waals surface area (Å²) in [6.07, 6.45) is 6.18. The van der Waals surface area contributed by atoms with E-state index >= 15 is 0 Å². The summed E-state index contributed by atoms with van der Waals surface area (Å²) < 4.78 is 5.44. The van der Waals surface area contributed by atoms with Crippen molar-refractivity contribution in [1.29, 1.82) is 0 Å². The second-order valence-electron chi connectivity index (χ2n) is 7.96. The first-order chi connectivity index (χ1) is 14.2. The molecule has 2 aromatic rings. The molecule has 6 heteroatoms. The van der Waals surface area contributed by atoms with E-state index < -0.39 is 0 Å². The fraction of sp³-hybridized carbons (Fsp3) is 0.478. The van der Waals surface area contributed by atoms with Crippen LogP contribution in [0.5, 0.6) is 0 Å². The molecule has 1 atom stereocenters. The third-order valence-corrected chi connectivity index (χ3v) is 6.13. The minimum Gasteiger partial charge on any atom is -0.385 e. The van der Waals surface area contributed by atoms with Gasteiger partial charge in [0.25, 0.3) is 0 Å². The Kier molecular flexibility index (Phi) is 6.80. The van der Waals surface area contributed by atoms with E-state index in [1.807, 2.05) is 18.2 Å². The molecule has 1 aromatic heterocycles. The van der Waals surface area contributed by atoms with Crippen LogP contribution in [-0.2, 0) is 16.0 Å². The Bertz CT molecular complexity index is 846. The molecule has 3 heterocycles. The van der Waals surface area contributed by atoms with Crippen molar-refractivity contribution in [3.63, 3.8) is 0 Å². The Morgan fingerprint density at radius 3 is 2.90 bits per heavy atom. The predicted octanol–water partition coefficient (Wildman–Crippen LogP) is 4.10. The number of ether oxygens (including phenoxy) is 1. The first kappa shape index (κ1) is 20.3. The summed E-state index contributed by atoms with van der Waals surface area (Å²) in [6, 6.07) is 10.2. The van der Waals surface area contributed by atoms with Crippen molar-refractivity contribution in [2.24, 2.45) is 5.92 Å². The summed E-state index contributed by atoms with van der Waals surface area (Å²) in [5, 5.41) is 7.41. The number of carbonyl (C=O) groups is 1. The lowest BCUT2D eigenvalue weighted by molar-refractivity contribution is -0.120. The van der Waals surface area contributed by atoms with E-state index in [1.54, 1.807) is 6.20 Å². The predicted molar refractivity (Wildman–Crippen MR) is 116 cm³/mol. The average Bonchev–Trinajstić information content (AvgIpc) is 3.30. The quantitative estimate of drug-likeness (QED) is 0.715. The zero-order chi connectivity index (χ0) is 20.1. The molecule has 29 heavy (non-hydrogen) atoms. The summed E-state index contributed by atoms with van der Waals surface area (Å²) in [5.41, 5.74) is 3.79. The van der Waals surface area contributed by atoms with E-state index in [0.29, 0.717) is 17.4 Å². The van der Waals surface area contributed by atoms with Crippen LogP contribution in [0.4, 0.5) is 5.69 Å². The van der Waals surface area contributed by atoms with Crippen molar-refractivity contribution in [1.82, 2.24) is 10.3 Å². The maximum Gasteiger partial charge on any atom is 0.155 e. The summed E-state index contributed by atoms with van der Waals surface area (Å²) in [7, 11) is 0. The van der Waals surface area contributed by atoms with Gasteiger partial charge in [0, 0.05) is 42.9 Å². The molecule has 2 saturated heterocycles. The zero-order valence-electron chi connectivity index (χ0n) is 16.6. The standard InChI is InChI=1S/C23H28ClN3O2/c24-21-15-27-19(13-23(28)22-5-2-8-25-22)12-20(21)17-3-1-4-18(11-17)26-14-16-6-9-29-10-7-16/h1,3-4,11-12,15-16,22,25-26H,2,5-10,13-14H2/t22-/m0/s1. The average molecular weight is 414 g/mol. The van der Waals surface area contributed by atoms with Gasteiger partial charge < -0.3 is 15.4 Å². The molecule has 1 aromatic carbocycles. The van der Waals surface area contributed by atoms with Gasteiger partial charge in [0.2, 0.25) is 0 Å². The number of aromatic nitrogens is 1. The number of anilines is 1. The Hall–Kier alpha value is -1.95. The first-order valence-corrected chi connectivity index (χ1v) is 10.9. The molecular weight excluding hydrogens is 386 g/mol. The molecule has 2 aliphatic rings. The molecule has 0 radical (unpaired) electrons. The number of nitrogens with zero attached hydrogens (tertiary/aromatic N) is 1. The molecule has 0 saturated carbocycles. The minimum atomic E-state index is -0.0337. The van der Waals surface area contributed by atoms with Gasteiger partial charge in [-0.3, -0.25) is 9.78 Å². The maximum atomic E-state index is 12.5. The summed E-state index contributed by atoms with van der Waals surface area (Å²) in [5.74, 6) is 0.855. The van der Waals surface area contributed by atoms with E-state index in [0.717, 1.165) is 74.5 Å². The fourth-order valence-corrected chi connectivity index (χ4v) is 4.28. The van der Waals surface area contributed by atoms with Crippen LogP contribution < -0.4 is 10.6 Å². The SMILES string of the molecule is O=C(Cc1cc(-c2cccc(NCC3CCOCC3)c2)c(Cl)cn1)[C@@H]1CCCN1. The minimum absolute atomic E-state index is 0.0337. The highest BCUT2D eigenvalue weighted by atomic mass is 35.5. The van der Waals surface area contributed by atoms with Crippen LogP contribution in [0.25, 0.3) is 11.1 Å². The highest BCUT2D eigenvalue weighted by Crippen LogP contribution is 2.30. The van der Waals surface area contributed by atoms with Gasteiger partial charge >= 0.3 is 0 Å². The van der Waals surface area contributed by atoms with Crippen molar-refractivity contribution in [3.8, 4) is 11.1 Å². The molecule has 0 amide bonds. The monoisotopic (exact) mass is 413 g/mol. The van der Waals surface area contributed by atoms with Crippen LogP contribution in [0.2, 0.25) is 5.02 Å². The van der Waals surface area contributed by atoms with E-state index in [-0.39, 0.29) is 11.8 Å². The van der Waals surface area contributed by atoms with Crippen molar-refractivity contribution >= 4 is 23.1 Å². The number of halogens is 1. The molecule has 5 nitrogen and oxygen atoms in total. The highest BCUT2D eigenvalue weighted by molar-refractivity contribution is 6.33. The van der Waals surface area contributed by atoms with Gasteiger partial charge in [-0.25, -0.2) is 0 Å². The number of carbonyl (C=O) groups excluding carboxylic acids is 1. The molecule has 0 unspecified atom stereocenters. The Labute approximate surface area is 177 Å². The van der Waals surface area contributed by atoms with Crippen molar-refractivity contribution in [2.75, 3.05) is 31.6 Å². The van der Waals surface area contributed by atoms with Gasteiger partial charge in [-0.2, -0.15) is 0 Å². The number of Topliss-reactive ketones (excluding diaryl/α,β-unsaturated/α-hetero) is 1. The molecule has 4 rings (SSSR count). The summed E-state index contributed by atoms with van der Waals surface area (Å²) >= 11 is 6.45. The van der Waals surface area contributed by atoms with Crippen LogP contribution in [0.15, 0.2) is 36.5 Å². The molecule has 0 bridgehead atoms. The number of rotatable bonds is 7. The van der Waals surface area contributed by atoms with Gasteiger partial charge in [-0.15, -0.1) is 0 Å². The van der Waals surface area contributed by atoms with Gasteiger partial charge in [0.1, 0.15) is 0 Å². The summed E-state index contributed by atoms with van der Waals surface area (Å²) in [4.78, 5) is 16.9. The highest BCUT2D eigenvalue weighted by Gasteiger charge is 2.22.